The number of likely N-dealkylation sites (tertiary alicyclic amines) is 2. The summed E-state index contributed by atoms with van der Waals surface area (Å²) in [5.41, 5.74) is -1.06. The molecule has 0 spiro atoms. The molecule has 1 N–H and O–H groups in total. The van der Waals surface area contributed by atoms with E-state index in [0.717, 1.165) is 19.3 Å². The molecule has 0 aromatic heterocycles. The van der Waals surface area contributed by atoms with Crippen LogP contribution in [0.15, 0.2) is 0 Å². The number of urea groups is 1. The highest BCUT2D eigenvalue weighted by molar-refractivity contribution is 5.86. The minimum atomic E-state index is -1.06. The molecule has 6 heteroatoms. The van der Waals surface area contributed by atoms with Gasteiger partial charge in [-0.05, 0) is 32.6 Å². The minimum absolute atomic E-state index is 0.131. The summed E-state index contributed by atoms with van der Waals surface area (Å²) in [6, 6.07) is -0.131. The smallest absolute Gasteiger partial charge is 0.329 e. The zero-order valence-electron chi connectivity index (χ0n) is 12.3. The summed E-state index contributed by atoms with van der Waals surface area (Å²) in [5.74, 6) is -0.539. The maximum atomic E-state index is 12.6. The Morgan fingerprint density at radius 2 is 2.10 bits per heavy atom. The van der Waals surface area contributed by atoms with Gasteiger partial charge in [0.2, 0.25) is 0 Å². The SMILES string of the molecule is COCC1CCN(C(=O)N2CCCCC2(C)C(=O)O)C1. The number of nitrogens with zero attached hydrogens (tertiary/aromatic N) is 2. The zero-order valence-corrected chi connectivity index (χ0v) is 12.3. The number of piperidine rings is 1. The lowest BCUT2D eigenvalue weighted by atomic mass is 9.89. The fourth-order valence-corrected chi connectivity index (χ4v) is 3.20. The molecule has 6 nitrogen and oxygen atoms in total. The average Bonchev–Trinajstić information content (AvgIpc) is 2.87. The van der Waals surface area contributed by atoms with E-state index in [1.165, 1.54) is 0 Å². The molecule has 114 valence electrons. The highest BCUT2D eigenvalue weighted by Gasteiger charge is 2.45. The number of methoxy groups -OCH3 is 1. The van der Waals surface area contributed by atoms with Crippen LogP contribution in [0.2, 0.25) is 0 Å². The van der Waals surface area contributed by atoms with E-state index < -0.39 is 11.5 Å². The van der Waals surface area contributed by atoms with Gasteiger partial charge in [-0.1, -0.05) is 0 Å². The summed E-state index contributed by atoms with van der Waals surface area (Å²) in [6.07, 6.45) is 3.20. The van der Waals surface area contributed by atoms with Gasteiger partial charge < -0.3 is 19.6 Å². The second-order valence-corrected chi connectivity index (χ2v) is 6.03. The molecule has 0 aromatic carbocycles. The van der Waals surface area contributed by atoms with Gasteiger partial charge >= 0.3 is 12.0 Å². The molecule has 0 aliphatic carbocycles. The third-order valence-corrected chi connectivity index (χ3v) is 4.54. The lowest BCUT2D eigenvalue weighted by Gasteiger charge is -2.43. The lowest BCUT2D eigenvalue weighted by Crippen LogP contribution is -2.60. The number of aliphatic carboxylic acids is 1. The Kier molecular flexibility index (Phi) is 4.52. The number of carbonyl (C=O) groups excluding carboxylic acids is 1. The molecule has 0 aromatic rings. The van der Waals surface area contributed by atoms with E-state index in [0.29, 0.717) is 38.6 Å². The molecule has 2 unspecified atom stereocenters. The number of carboxylic acid groups (broad SMARTS) is 1. The van der Waals surface area contributed by atoms with Gasteiger partial charge in [0.25, 0.3) is 0 Å². The summed E-state index contributed by atoms with van der Waals surface area (Å²) in [7, 11) is 1.66. The minimum Gasteiger partial charge on any atom is -0.480 e. The van der Waals surface area contributed by atoms with Gasteiger partial charge in [-0.15, -0.1) is 0 Å². The molecular weight excluding hydrogens is 260 g/mol. The third kappa shape index (κ3) is 2.75. The monoisotopic (exact) mass is 284 g/mol. The van der Waals surface area contributed by atoms with Crippen LogP contribution in [0.3, 0.4) is 0 Å². The Morgan fingerprint density at radius 1 is 1.35 bits per heavy atom. The maximum Gasteiger partial charge on any atom is 0.329 e. The van der Waals surface area contributed by atoms with Crippen LogP contribution in [-0.4, -0.2) is 65.8 Å². The Bertz CT molecular complexity index is 387. The molecule has 0 radical (unpaired) electrons. The van der Waals surface area contributed by atoms with E-state index in [-0.39, 0.29) is 6.03 Å². The van der Waals surface area contributed by atoms with E-state index in [1.807, 2.05) is 0 Å². The highest BCUT2D eigenvalue weighted by atomic mass is 16.5. The summed E-state index contributed by atoms with van der Waals surface area (Å²) in [4.78, 5) is 27.5. The largest absolute Gasteiger partial charge is 0.480 e. The first-order valence-corrected chi connectivity index (χ1v) is 7.28. The predicted molar refractivity (Wildman–Crippen MR) is 73.5 cm³/mol. The number of carboxylic acids is 1. The fraction of sp³-hybridized carbons (Fsp3) is 0.857. The number of hydrogen-bond acceptors (Lipinski definition) is 3. The van der Waals surface area contributed by atoms with Crippen molar-refractivity contribution in [3.05, 3.63) is 0 Å². The third-order valence-electron chi connectivity index (χ3n) is 4.54. The van der Waals surface area contributed by atoms with Crippen LogP contribution >= 0.6 is 0 Å². The van der Waals surface area contributed by atoms with Crippen LogP contribution < -0.4 is 0 Å². The van der Waals surface area contributed by atoms with Gasteiger partial charge in [-0.25, -0.2) is 9.59 Å². The molecule has 2 saturated heterocycles. The number of amides is 2. The van der Waals surface area contributed by atoms with Crippen LogP contribution in [-0.2, 0) is 9.53 Å². The van der Waals surface area contributed by atoms with Gasteiger partial charge in [0.15, 0.2) is 0 Å². The van der Waals surface area contributed by atoms with E-state index >= 15 is 0 Å². The molecule has 0 saturated carbocycles. The molecule has 2 aliphatic heterocycles. The quantitative estimate of drug-likeness (QED) is 0.850. The Morgan fingerprint density at radius 3 is 2.75 bits per heavy atom. The van der Waals surface area contributed by atoms with Crippen molar-refractivity contribution in [2.45, 2.75) is 38.1 Å². The van der Waals surface area contributed by atoms with E-state index in [2.05, 4.69) is 0 Å². The van der Waals surface area contributed by atoms with Crippen molar-refractivity contribution in [3.63, 3.8) is 0 Å². The van der Waals surface area contributed by atoms with Crippen molar-refractivity contribution in [1.82, 2.24) is 9.80 Å². The maximum absolute atomic E-state index is 12.6. The lowest BCUT2D eigenvalue weighted by molar-refractivity contribution is -0.150. The molecule has 2 rings (SSSR count). The first-order chi connectivity index (χ1) is 9.49. The second-order valence-electron chi connectivity index (χ2n) is 6.03. The van der Waals surface area contributed by atoms with Gasteiger partial charge in [0, 0.05) is 32.7 Å². The second kappa shape index (κ2) is 5.99. The van der Waals surface area contributed by atoms with Crippen molar-refractivity contribution in [2.75, 3.05) is 33.4 Å². The van der Waals surface area contributed by atoms with Crippen molar-refractivity contribution in [2.24, 2.45) is 5.92 Å². The zero-order chi connectivity index (χ0) is 14.8. The van der Waals surface area contributed by atoms with E-state index in [1.54, 1.807) is 23.8 Å². The predicted octanol–water partition coefficient (Wildman–Crippen LogP) is 1.40. The van der Waals surface area contributed by atoms with E-state index in [9.17, 15) is 14.7 Å². The molecule has 2 heterocycles. The average molecular weight is 284 g/mol. The topological polar surface area (TPSA) is 70.1 Å². The molecule has 2 atom stereocenters. The number of rotatable bonds is 3. The fourth-order valence-electron chi connectivity index (χ4n) is 3.20. The van der Waals surface area contributed by atoms with Crippen LogP contribution in [0.4, 0.5) is 4.79 Å². The normalized spacial score (nSPS) is 30.6. The summed E-state index contributed by atoms with van der Waals surface area (Å²) in [6.45, 7) is 4.21. The Hall–Kier alpha value is -1.30. The molecule has 2 fully saturated rings. The van der Waals surface area contributed by atoms with Crippen LogP contribution in [0.5, 0.6) is 0 Å². The number of carbonyl (C=O) groups is 2. The standard InChI is InChI=1S/C14H24N2O4/c1-14(12(17)18)6-3-4-7-16(14)13(19)15-8-5-11(9-15)10-20-2/h11H,3-10H2,1-2H3,(H,17,18). The molecule has 0 bridgehead atoms. The Balaban J connectivity index is 2.05. The van der Waals surface area contributed by atoms with Crippen molar-refractivity contribution < 1.29 is 19.4 Å². The number of hydrogen-bond donors (Lipinski definition) is 1. The summed E-state index contributed by atoms with van der Waals surface area (Å²) < 4.78 is 5.13. The first kappa shape index (κ1) is 15.1. The van der Waals surface area contributed by atoms with Crippen molar-refractivity contribution in [1.29, 1.82) is 0 Å². The van der Waals surface area contributed by atoms with Gasteiger partial charge in [0.1, 0.15) is 5.54 Å². The molecular formula is C14H24N2O4. The van der Waals surface area contributed by atoms with Crippen LogP contribution in [0, 0.1) is 5.92 Å². The number of ether oxygens (including phenoxy) is 1. The summed E-state index contributed by atoms with van der Waals surface area (Å²) >= 11 is 0. The molecule has 2 amide bonds. The van der Waals surface area contributed by atoms with Crippen LogP contribution in [0.1, 0.15) is 32.6 Å². The van der Waals surface area contributed by atoms with Gasteiger partial charge in [0.05, 0.1) is 6.61 Å². The van der Waals surface area contributed by atoms with Gasteiger partial charge in [-0.2, -0.15) is 0 Å². The Labute approximate surface area is 119 Å². The summed E-state index contributed by atoms with van der Waals surface area (Å²) in [5, 5.41) is 9.46. The van der Waals surface area contributed by atoms with Gasteiger partial charge in [-0.3, -0.25) is 0 Å². The van der Waals surface area contributed by atoms with Crippen molar-refractivity contribution in [3.8, 4) is 0 Å². The molecule has 20 heavy (non-hydrogen) atoms. The molecule has 2 aliphatic rings. The van der Waals surface area contributed by atoms with Crippen LogP contribution in [0.25, 0.3) is 0 Å². The highest BCUT2D eigenvalue weighted by Crippen LogP contribution is 2.30. The first-order valence-electron chi connectivity index (χ1n) is 7.28. The van der Waals surface area contributed by atoms with E-state index in [4.69, 9.17) is 4.74 Å². The van der Waals surface area contributed by atoms with Crippen molar-refractivity contribution >= 4 is 12.0 Å².